The Morgan fingerprint density at radius 1 is 1.22 bits per heavy atom. The number of benzene rings is 1. The van der Waals surface area contributed by atoms with E-state index in [4.69, 9.17) is 0 Å². The van der Waals surface area contributed by atoms with Crippen LogP contribution in [0.1, 0.15) is 23.2 Å². The van der Waals surface area contributed by atoms with Crippen LogP contribution in [-0.2, 0) is 10.0 Å². The van der Waals surface area contributed by atoms with Crippen LogP contribution in [-0.4, -0.2) is 26.5 Å². The molecule has 0 unspecified atom stereocenters. The standard InChI is InChI=1S/C11H11F2NO3S/c12-11(13)18(16,17)14-7-3-6-10(15)8-4-1-2-5-9(8)14/h1-2,4-5,11H,3,6-7H2. The first-order valence-corrected chi connectivity index (χ1v) is 6.87. The molecular weight excluding hydrogens is 264 g/mol. The first-order valence-electron chi connectivity index (χ1n) is 5.36. The monoisotopic (exact) mass is 275 g/mol. The molecule has 0 saturated carbocycles. The molecule has 2 rings (SSSR count). The number of Topliss-reactive ketones (excluding diaryl/α,β-unsaturated/α-hetero) is 1. The second-order valence-corrected chi connectivity index (χ2v) is 5.75. The molecule has 1 aromatic rings. The minimum absolute atomic E-state index is 0.0419. The third-order valence-electron chi connectivity index (χ3n) is 2.77. The second kappa shape index (κ2) is 4.64. The van der Waals surface area contributed by atoms with E-state index in [0.29, 0.717) is 4.31 Å². The van der Waals surface area contributed by atoms with Crippen molar-refractivity contribution in [2.45, 2.75) is 18.6 Å². The fourth-order valence-electron chi connectivity index (χ4n) is 1.93. The Labute approximate surface area is 103 Å². The fraction of sp³-hybridized carbons (Fsp3) is 0.364. The third-order valence-corrected chi connectivity index (χ3v) is 4.21. The number of fused-ring (bicyclic) bond motifs is 1. The van der Waals surface area contributed by atoms with E-state index in [0.717, 1.165) is 0 Å². The van der Waals surface area contributed by atoms with E-state index in [1.54, 1.807) is 6.07 Å². The number of hydrogen-bond donors (Lipinski definition) is 0. The summed E-state index contributed by atoms with van der Waals surface area (Å²) in [5.74, 6) is -3.71. The molecule has 1 aliphatic heterocycles. The van der Waals surface area contributed by atoms with Crippen LogP contribution < -0.4 is 4.31 Å². The van der Waals surface area contributed by atoms with Crippen LogP contribution in [0.4, 0.5) is 14.5 Å². The van der Waals surface area contributed by atoms with Gasteiger partial charge in [0.2, 0.25) is 0 Å². The van der Waals surface area contributed by atoms with Gasteiger partial charge in [-0.05, 0) is 18.6 Å². The number of carbonyl (C=O) groups is 1. The van der Waals surface area contributed by atoms with Crippen LogP contribution >= 0.6 is 0 Å². The van der Waals surface area contributed by atoms with Gasteiger partial charge >= 0.3 is 5.76 Å². The number of sulfonamides is 1. The number of rotatable bonds is 2. The zero-order valence-corrected chi connectivity index (χ0v) is 10.2. The number of hydrogen-bond acceptors (Lipinski definition) is 3. The summed E-state index contributed by atoms with van der Waals surface area (Å²) in [6.45, 7) is -0.102. The maximum Gasteiger partial charge on any atom is 0.355 e. The van der Waals surface area contributed by atoms with Crippen LogP contribution in [0.3, 0.4) is 0 Å². The Balaban J connectivity index is 2.57. The molecule has 98 valence electrons. The van der Waals surface area contributed by atoms with E-state index in [-0.39, 0.29) is 36.4 Å². The van der Waals surface area contributed by atoms with Gasteiger partial charge < -0.3 is 0 Å². The van der Waals surface area contributed by atoms with Crippen molar-refractivity contribution in [2.75, 3.05) is 10.8 Å². The first-order chi connectivity index (χ1) is 8.44. The number of carbonyl (C=O) groups excluding carboxylic acids is 1. The molecule has 18 heavy (non-hydrogen) atoms. The van der Waals surface area contributed by atoms with Crippen molar-refractivity contribution in [3.05, 3.63) is 29.8 Å². The van der Waals surface area contributed by atoms with Gasteiger partial charge in [-0.3, -0.25) is 9.10 Å². The normalized spacial score (nSPS) is 16.6. The van der Waals surface area contributed by atoms with Gasteiger partial charge in [0, 0.05) is 18.5 Å². The number of halogens is 2. The summed E-state index contributed by atoms with van der Waals surface area (Å²) in [7, 11) is -4.71. The van der Waals surface area contributed by atoms with E-state index < -0.39 is 15.8 Å². The summed E-state index contributed by atoms with van der Waals surface area (Å²) in [6, 6.07) is 5.93. The molecule has 0 spiro atoms. The molecule has 1 heterocycles. The van der Waals surface area contributed by atoms with Gasteiger partial charge in [-0.25, -0.2) is 8.42 Å². The molecule has 7 heteroatoms. The van der Waals surface area contributed by atoms with Gasteiger partial charge in [-0.2, -0.15) is 8.78 Å². The molecule has 0 aliphatic carbocycles. The number of anilines is 1. The SMILES string of the molecule is O=C1CCCN(S(=O)(=O)C(F)F)c2ccccc21. The highest BCUT2D eigenvalue weighted by Gasteiger charge is 2.35. The molecule has 0 aromatic heterocycles. The van der Waals surface area contributed by atoms with E-state index in [1.165, 1.54) is 18.2 Å². The van der Waals surface area contributed by atoms with Gasteiger partial charge in [-0.15, -0.1) is 0 Å². The lowest BCUT2D eigenvalue weighted by Gasteiger charge is -2.23. The zero-order chi connectivity index (χ0) is 13.3. The summed E-state index contributed by atoms with van der Waals surface area (Å²) in [6.07, 6.45) is 0.395. The first kappa shape index (κ1) is 12.9. The highest BCUT2D eigenvalue weighted by atomic mass is 32.2. The molecule has 1 aromatic carbocycles. The Morgan fingerprint density at radius 2 is 1.89 bits per heavy atom. The Morgan fingerprint density at radius 3 is 2.56 bits per heavy atom. The summed E-state index contributed by atoms with van der Waals surface area (Å²) in [5.41, 5.74) is 0.222. The van der Waals surface area contributed by atoms with Crippen molar-refractivity contribution in [3.63, 3.8) is 0 Å². The van der Waals surface area contributed by atoms with Gasteiger partial charge in [0.1, 0.15) is 0 Å². The number of para-hydroxylation sites is 1. The molecule has 0 bridgehead atoms. The summed E-state index contributed by atoms with van der Waals surface area (Å²) >= 11 is 0. The van der Waals surface area contributed by atoms with E-state index in [1.807, 2.05) is 0 Å². The fourth-order valence-corrected chi connectivity index (χ4v) is 2.94. The summed E-state index contributed by atoms with van der Waals surface area (Å²) < 4.78 is 49.0. The van der Waals surface area contributed by atoms with E-state index >= 15 is 0 Å². The Kier molecular flexibility index (Phi) is 3.34. The summed E-state index contributed by atoms with van der Waals surface area (Å²) in [5, 5.41) is 0. The Hall–Kier alpha value is -1.50. The van der Waals surface area contributed by atoms with Crippen LogP contribution in [0.2, 0.25) is 0 Å². The lowest BCUT2D eigenvalue weighted by Crippen LogP contribution is -2.36. The molecular formula is C11H11F2NO3S. The molecule has 0 N–H and O–H groups in total. The second-order valence-electron chi connectivity index (χ2n) is 3.92. The number of nitrogens with zero attached hydrogens (tertiary/aromatic N) is 1. The van der Waals surface area contributed by atoms with Crippen molar-refractivity contribution in [1.82, 2.24) is 0 Å². The van der Waals surface area contributed by atoms with E-state index in [9.17, 15) is 22.0 Å². The quantitative estimate of drug-likeness (QED) is 0.829. The lowest BCUT2D eigenvalue weighted by atomic mass is 10.1. The molecule has 0 amide bonds. The van der Waals surface area contributed by atoms with Crippen molar-refractivity contribution < 1.29 is 22.0 Å². The van der Waals surface area contributed by atoms with Crippen LogP contribution in [0.15, 0.2) is 24.3 Å². The summed E-state index contributed by atoms with van der Waals surface area (Å²) in [4.78, 5) is 11.7. The molecule has 0 fully saturated rings. The molecule has 0 saturated heterocycles. The predicted molar refractivity (Wildman–Crippen MR) is 62.3 cm³/mol. The van der Waals surface area contributed by atoms with Crippen LogP contribution in [0.25, 0.3) is 0 Å². The van der Waals surface area contributed by atoms with E-state index in [2.05, 4.69) is 0 Å². The highest BCUT2D eigenvalue weighted by molar-refractivity contribution is 7.93. The highest BCUT2D eigenvalue weighted by Crippen LogP contribution is 2.30. The average Bonchev–Trinajstić information content (AvgIpc) is 2.49. The van der Waals surface area contributed by atoms with Crippen molar-refractivity contribution in [3.8, 4) is 0 Å². The third kappa shape index (κ3) is 2.10. The van der Waals surface area contributed by atoms with Gasteiger partial charge in [0.05, 0.1) is 5.69 Å². The maximum absolute atomic E-state index is 12.6. The van der Waals surface area contributed by atoms with Crippen molar-refractivity contribution in [1.29, 1.82) is 0 Å². The lowest BCUT2D eigenvalue weighted by molar-refractivity contribution is 0.0984. The van der Waals surface area contributed by atoms with Crippen LogP contribution in [0.5, 0.6) is 0 Å². The minimum atomic E-state index is -4.71. The number of ketones is 1. The number of alkyl halides is 2. The van der Waals surface area contributed by atoms with Gasteiger partial charge in [-0.1, -0.05) is 12.1 Å². The molecule has 1 aliphatic rings. The predicted octanol–water partition coefficient (Wildman–Crippen LogP) is 2.02. The smallest absolute Gasteiger partial charge is 0.294 e. The van der Waals surface area contributed by atoms with Gasteiger partial charge in [0.15, 0.2) is 5.78 Å². The van der Waals surface area contributed by atoms with Crippen molar-refractivity contribution in [2.24, 2.45) is 0 Å². The average molecular weight is 275 g/mol. The van der Waals surface area contributed by atoms with Crippen molar-refractivity contribution >= 4 is 21.5 Å². The maximum atomic E-state index is 12.6. The van der Waals surface area contributed by atoms with Crippen LogP contribution in [0, 0.1) is 0 Å². The topological polar surface area (TPSA) is 54.5 Å². The molecule has 0 radical (unpaired) electrons. The largest absolute Gasteiger partial charge is 0.355 e. The zero-order valence-electron chi connectivity index (χ0n) is 9.34. The Bertz CT molecular complexity index is 571. The minimum Gasteiger partial charge on any atom is -0.294 e. The van der Waals surface area contributed by atoms with Gasteiger partial charge in [0.25, 0.3) is 10.0 Å². The molecule has 4 nitrogen and oxygen atoms in total. The molecule has 0 atom stereocenters.